The number of nitrogens with one attached hydrogen (secondary N) is 1. The molecule has 138 valence electrons. The van der Waals surface area contributed by atoms with Gasteiger partial charge in [-0.1, -0.05) is 32.0 Å². The SMILES string of the molecule is Cc1ccccc1C(=O)NC(C(=O)N1CCCC(C(C)N)C1)C(C)C. The van der Waals surface area contributed by atoms with Crippen LogP contribution in [0.4, 0.5) is 0 Å². The van der Waals surface area contributed by atoms with E-state index in [0.29, 0.717) is 18.0 Å². The minimum Gasteiger partial charge on any atom is -0.341 e. The first-order chi connectivity index (χ1) is 11.8. The fraction of sp³-hybridized carbons (Fsp3) is 0.600. The Morgan fingerprint density at radius 3 is 2.52 bits per heavy atom. The Morgan fingerprint density at radius 1 is 1.24 bits per heavy atom. The van der Waals surface area contributed by atoms with Crippen molar-refractivity contribution in [2.24, 2.45) is 17.6 Å². The lowest BCUT2D eigenvalue weighted by atomic mass is 9.91. The van der Waals surface area contributed by atoms with Gasteiger partial charge in [0.2, 0.25) is 5.91 Å². The number of nitrogens with zero attached hydrogens (tertiary/aromatic N) is 1. The highest BCUT2D eigenvalue weighted by molar-refractivity contribution is 5.98. The van der Waals surface area contributed by atoms with Crippen molar-refractivity contribution in [2.45, 2.75) is 52.6 Å². The summed E-state index contributed by atoms with van der Waals surface area (Å²) in [6.45, 7) is 9.25. The number of benzene rings is 1. The molecule has 3 atom stereocenters. The zero-order valence-electron chi connectivity index (χ0n) is 15.8. The van der Waals surface area contributed by atoms with Crippen LogP contribution in [0.15, 0.2) is 24.3 Å². The molecule has 0 saturated carbocycles. The largest absolute Gasteiger partial charge is 0.341 e. The summed E-state index contributed by atoms with van der Waals surface area (Å²) in [5.41, 5.74) is 7.56. The molecule has 5 heteroatoms. The molecule has 1 fully saturated rings. The first kappa shape index (κ1) is 19.4. The van der Waals surface area contributed by atoms with Gasteiger partial charge >= 0.3 is 0 Å². The van der Waals surface area contributed by atoms with Crippen molar-refractivity contribution in [3.8, 4) is 0 Å². The number of piperidine rings is 1. The van der Waals surface area contributed by atoms with Gasteiger partial charge in [0.25, 0.3) is 5.91 Å². The number of nitrogens with two attached hydrogens (primary N) is 1. The summed E-state index contributed by atoms with van der Waals surface area (Å²) in [5.74, 6) is 0.168. The summed E-state index contributed by atoms with van der Waals surface area (Å²) in [5, 5.41) is 2.95. The number of aryl methyl sites for hydroxylation is 1. The molecule has 0 aromatic heterocycles. The molecule has 1 saturated heterocycles. The second kappa shape index (κ2) is 8.48. The molecule has 1 aromatic carbocycles. The van der Waals surface area contributed by atoms with E-state index in [1.165, 1.54) is 0 Å². The molecule has 5 nitrogen and oxygen atoms in total. The maximum absolute atomic E-state index is 13.0. The van der Waals surface area contributed by atoms with E-state index in [2.05, 4.69) is 5.32 Å². The van der Waals surface area contributed by atoms with Gasteiger partial charge in [-0.3, -0.25) is 9.59 Å². The van der Waals surface area contributed by atoms with Crippen molar-refractivity contribution in [3.63, 3.8) is 0 Å². The molecule has 0 bridgehead atoms. The molecule has 0 aliphatic carbocycles. The third kappa shape index (κ3) is 4.82. The van der Waals surface area contributed by atoms with Gasteiger partial charge in [0.05, 0.1) is 0 Å². The molecular weight excluding hydrogens is 314 g/mol. The van der Waals surface area contributed by atoms with Crippen LogP contribution in [0.25, 0.3) is 0 Å². The Kier molecular flexibility index (Phi) is 6.59. The number of amides is 2. The van der Waals surface area contributed by atoms with Gasteiger partial charge in [0.15, 0.2) is 0 Å². The minimum atomic E-state index is -0.515. The molecule has 1 aromatic rings. The molecule has 1 heterocycles. The fourth-order valence-electron chi connectivity index (χ4n) is 3.40. The van der Waals surface area contributed by atoms with Gasteiger partial charge in [-0.2, -0.15) is 0 Å². The predicted octanol–water partition coefficient (Wildman–Crippen LogP) is 2.34. The van der Waals surface area contributed by atoms with Gasteiger partial charge in [0, 0.05) is 24.7 Å². The molecule has 0 spiro atoms. The predicted molar refractivity (Wildman–Crippen MR) is 100 cm³/mol. The average Bonchev–Trinajstić information content (AvgIpc) is 2.59. The molecule has 1 aliphatic heterocycles. The normalized spacial score (nSPS) is 20.2. The lowest BCUT2D eigenvalue weighted by Crippen LogP contribution is -2.54. The Morgan fingerprint density at radius 2 is 1.92 bits per heavy atom. The molecule has 0 radical (unpaired) electrons. The van der Waals surface area contributed by atoms with Crippen molar-refractivity contribution in [2.75, 3.05) is 13.1 Å². The topological polar surface area (TPSA) is 75.4 Å². The molecule has 1 aliphatic rings. The molecule has 2 rings (SSSR count). The molecule has 3 N–H and O–H groups in total. The molecular formula is C20H31N3O2. The lowest BCUT2D eigenvalue weighted by Gasteiger charge is -2.37. The maximum Gasteiger partial charge on any atom is 0.252 e. The second-order valence-corrected chi connectivity index (χ2v) is 7.56. The average molecular weight is 345 g/mol. The van der Waals surface area contributed by atoms with E-state index < -0.39 is 6.04 Å². The van der Waals surface area contributed by atoms with Crippen LogP contribution in [-0.2, 0) is 4.79 Å². The first-order valence-electron chi connectivity index (χ1n) is 9.22. The number of carbonyl (C=O) groups is 2. The Bertz CT molecular complexity index is 613. The fourth-order valence-corrected chi connectivity index (χ4v) is 3.40. The van der Waals surface area contributed by atoms with Crippen molar-refractivity contribution < 1.29 is 9.59 Å². The first-order valence-corrected chi connectivity index (χ1v) is 9.22. The lowest BCUT2D eigenvalue weighted by molar-refractivity contribution is -0.136. The van der Waals surface area contributed by atoms with Crippen molar-refractivity contribution in [3.05, 3.63) is 35.4 Å². The van der Waals surface area contributed by atoms with E-state index in [9.17, 15) is 9.59 Å². The summed E-state index contributed by atoms with van der Waals surface area (Å²) in [4.78, 5) is 27.5. The highest BCUT2D eigenvalue weighted by atomic mass is 16.2. The number of hydrogen-bond donors (Lipinski definition) is 2. The summed E-state index contributed by atoms with van der Waals surface area (Å²) < 4.78 is 0. The van der Waals surface area contributed by atoms with Crippen LogP contribution in [0.1, 0.15) is 49.5 Å². The van der Waals surface area contributed by atoms with Crippen molar-refractivity contribution in [1.29, 1.82) is 0 Å². The summed E-state index contributed by atoms with van der Waals surface area (Å²) in [6.07, 6.45) is 2.03. The second-order valence-electron chi connectivity index (χ2n) is 7.56. The monoisotopic (exact) mass is 345 g/mol. The summed E-state index contributed by atoms with van der Waals surface area (Å²) in [7, 11) is 0. The van der Waals surface area contributed by atoms with Crippen LogP contribution in [-0.4, -0.2) is 41.9 Å². The zero-order valence-corrected chi connectivity index (χ0v) is 15.8. The van der Waals surface area contributed by atoms with Crippen LogP contribution in [0.5, 0.6) is 0 Å². The summed E-state index contributed by atoms with van der Waals surface area (Å²) >= 11 is 0. The third-order valence-electron chi connectivity index (χ3n) is 5.12. The number of rotatable bonds is 5. The van der Waals surface area contributed by atoms with E-state index in [4.69, 9.17) is 5.73 Å². The minimum absolute atomic E-state index is 0.00211. The Labute approximate surface area is 151 Å². The Hall–Kier alpha value is -1.88. The molecule has 25 heavy (non-hydrogen) atoms. The van der Waals surface area contributed by atoms with Crippen molar-refractivity contribution >= 4 is 11.8 Å². The third-order valence-corrected chi connectivity index (χ3v) is 5.12. The smallest absolute Gasteiger partial charge is 0.252 e. The van der Waals surface area contributed by atoms with Gasteiger partial charge in [-0.05, 0) is 50.2 Å². The van der Waals surface area contributed by atoms with Gasteiger partial charge in [-0.15, -0.1) is 0 Å². The van der Waals surface area contributed by atoms with Gasteiger partial charge in [0.1, 0.15) is 6.04 Å². The highest BCUT2D eigenvalue weighted by Crippen LogP contribution is 2.21. The standard InChI is InChI=1S/C20H31N3O2/c1-13(2)18(22-19(24)17-10-6-5-8-14(17)3)20(25)23-11-7-9-16(12-23)15(4)21/h5-6,8,10,13,15-16,18H,7,9,11-12,21H2,1-4H3,(H,22,24). The number of likely N-dealkylation sites (tertiary alicyclic amines) is 1. The van der Waals surface area contributed by atoms with Crippen LogP contribution in [0.2, 0.25) is 0 Å². The van der Waals surface area contributed by atoms with E-state index in [1.54, 1.807) is 6.07 Å². The van der Waals surface area contributed by atoms with Gasteiger partial charge in [-0.25, -0.2) is 0 Å². The number of hydrogen-bond acceptors (Lipinski definition) is 3. The maximum atomic E-state index is 13.0. The zero-order chi connectivity index (χ0) is 18.6. The van der Waals surface area contributed by atoms with Gasteiger partial charge < -0.3 is 16.0 Å². The highest BCUT2D eigenvalue weighted by Gasteiger charge is 2.32. The Balaban J connectivity index is 2.11. The van der Waals surface area contributed by atoms with E-state index in [-0.39, 0.29) is 23.8 Å². The van der Waals surface area contributed by atoms with Crippen LogP contribution < -0.4 is 11.1 Å². The quantitative estimate of drug-likeness (QED) is 0.860. The van der Waals surface area contributed by atoms with Crippen LogP contribution in [0.3, 0.4) is 0 Å². The van der Waals surface area contributed by atoms with E-state index in [1.807, 2.05) is 50.8 Å². The van der Waals surface area contributed by atoms with Crippen LogP contribution >= 0.6 is 0 Å². The van der Waals surface area contributed by atoms with E-state index in [0.717, 1.165) is 24.9 Å². The van der Waals surface area contributed by atoms with Crippen LogP contribution in [0, 0.1) is 18.8 Å². The number of carbonyl (C=O) groups excluding carboxylic acids is 2. The molecule has 3 unspecified atom stereocenters. The summed E-state index contributed by atoms with van der Waals surface area (Å²) in [6, 6.07) is 7.00. The van der Waals surface area contributed by atoms with Crippen molar-refractivity contribution in [1.82, 2.24) is 10.2 Å². The van der Waals surface area contributed by atoms with E-state index >= 15 is 0 Å². The molecule has 2 amide bonds.